The molecule has 3 amide bonds. The number of carbonyl (C=O) groups is 4. The van der Waals surface area contributed by atoms with E-state index < -0.39 is 11.6 Å². The summed E-state index contributed by atoms with van der Waals surface area (Å²) in [5.74, 6) is -0.587. The van der Waals surface area contributed by atoms with Gasteiger partial charge in [-0.05, 0) is 76.2 Å². The maximum absolute atomic E-state index is 13.1. The average molecular weight is 456 g/mol. The standard InChI is InChI=1S/C25H33N3O5/c1-25(2,3)33-22(30)10-13-27-11-8-16(9-12-27)17-4-5-18-15-28(24(32)19(18)14-17)20-6-7-21(29)26-23(20)31/h4-5,14,16,20H,6-13,15H2,1-3H3,(H,26,29,31). The molecule has 4 rings (SSSR count). The quantitative estimate of drug-likeness (QED) is 0.541. The van der Waals surface area contributed by atoms with Crippen molar-refractivity contribution in [1.29, 1.82) is 0 Å². The zero-order valence-corrected chi connectivity index (χ0v) is 19.7. The van der Waals surface area contributed by atoms with Crippen LogP contribution in [0.25, 0.3) is 0 Å². The van der Waals surface area contributed by atoms with E-state index in [1.807, 2.05) is 32.9 Å². The van der Waals surface area contributed by atoms with Crippen molar-refractivity contribution in [3.8, 4) is 0 Å². The van der Waals surface area contributed by atoms with Gasteiger partial charge in [-0.25, -0.2) is 0 Å². The fourth-order valence-electron chi connectivity index (χ4n) is 4.96. The summed E-state index contributed by atoms with van der Waals surface area (Å²) in [4.78, 5) is 52.6. The van der Waals surface area contributed by atoms with Gasteiger partial charge in [0.15, 0.2) is 0 Å². The van der Waals surface area contributed by atoms with E-state index in [1.165, 1.54) is 0 Å². The van der Waals surface area contributed by atoms with E-state index in [0.29, 0.717) is 37.4 Å². The Morgan fingerprint density at radius 1 is 1.12 bits per heavy atom. The van der Waals surface area contributed by atoms with Crippen LogP contribution < -0.4 is 5.32 Å². The molecule has 0 bridgehead atoms. The fraction of sp³-hybridized carbons (Fsp3) is 0.600. The number of hydrogen-bond donors (Lipinski definition) is 1. The van der Waals surface area contributed by atoms with Gasteiger partial charge in [-0.1, -0.05) is 12.1 Å². The third kappa shape index (κ3) is 5.43. The molecule has 8 heteroatoms. The summed E-state index contributed by atoms with van der Waals surface area (Å²) in [6.07, 6.45) is 2.97. The molecule has 1 aromatic rings. The molecule has 0 saturated carbocycles. The molecule has 0 aliphatic carbocycles. The Bertz CT molecular complexity index is 959. The van der Waals surface area contributed by atoms with Crippen molar-refractivity contribution < 1.29 is 23.9 Å². The molecule has 0 aromatic heterocycles. The summed E-state index contributed by atoms with van der Waals surface area (Å²) in [7, 11) is 0. The molecular weight excluding hydrogens is 422 g/mol. The number of ether oxygens (including phenoxy) is 1. The van der Waals surface area contributed by atoms with Gasteiger partial charge in [0, 0.05) is 25.1 Å². The van der Waals surface area contributed by atoms with E-state index >= 15 is 0 Å². The van der Waals surface area contributed by atoms with Gasteiger partial charge in [0.25, 0.3) is 5.91 Å². The summed E-state index contributed by atoms with van der Waals surface area (Å²) in [6.45, 7) is 8.54. The Morgan fingerprint density at radius 3 is 2.52 bits per heavy atom. The number of rotatable bonds is 5. The molecule has 8 nitrogen and oxygen atoms in total. The highest BCUT2D eigenvalue weighted by atomic mass is 16.6. The molecule has 1 aromatic carbocycles. The number of piperidine rings is 2. The summed E-state index contributed by atoms with van der Waals surface area (Å²) in [5, 5.41) is 2.34. The van der Waals surface area contributed by atoms with Crippen LogP contribution in [0.5, 0.6) is 0 Å². The number of nitrogens with one attached hydrogen (secondary N) is 1. The highest BCUT2D eigenvalue weighted by Crippen LogP contribution is 2.33. The lowest BCUT2D eigenvalue weighted by molar-refractivity contribution is -0.155. The first-order chi connectivity index (χ1) is 15.6. The predicted molar refractivity (Wildman–Crippen MR) is 121 cm³/mol. The van der Waals surface area contributed by atoms with Crippen molar-refractivity contribution in [3.05, 3.63) is 34.9 Å². The lowest BCUT2D eigenvalue weighted by Gasteiger charge is -2.32. The largest absolute Gasteiger partial charge is 0.460 e. The number of fused-ring (bicyclic) bond motifs is 1. The maximum Gasteiger partial charge on any atom is 0.307 e. The van der Waals surface area contributed by atoms with Crippen LogP contribution in [-0.2, 0) is 25.7 Å². The van der Waals surface area contributed by atoms with Crippen molar-refractivity contribution in [2.75, 3.05) is 19.6 Å². The number of hydrogen-bond acceptors (Lipinski definition) is 6. The molecule has 3 aliphatic heterocycles. The van der Waals surface area contributed by atoms with E-state index in [2.05, 4.69) is 16.3 Å². The fourth-order valence-corrected chi connectivity index (χ4v) is 4.96. The number of nitrogens with zero attached hydrogens (tertiary/aromatic N) is 2. The Labute approximate surface area is 194 Å². The minimum absolute atomic E-state index is 0.129. The number of esters is 1. The van der Waals surface area contributed by atoms with Crippen LogP contribution in [0.4, 0.5) is 0 Å². The van der Waals surface area contributed by atoms with Gasteiger partial charge in [-0.3, -0.25) is 24.5 Å². The Morgan fingerprint density at radius 2 is 1.85 bits per heavy atom. The van der Waals surface area contributed by atoms with Crippen LogP contribution >= 0.6 is 0 Å². The van der Waals surface area contributed by atoms with Crippen LogP contribution in [0.3, 0.4) is 0 Å². The van der Waals surface area contributed by atoms with Crippen molar-refractivity contribution in [2.45, 2.75) is 77.0 Å². The minimum atomic E-state index is -0.584. The number of likely N-dealkylation sites (tertiary alicyclic amines) is 1. The summed E-state index contributed by atoms with van der Waals surface area (Å²) in [5.41, 5.74) is 2.30. The first-order valence-corrected chi connectivity index (χ1v) is 11.8. The van der Waals surface area contributed by atoms with Crippen molar-refractivity contribution >= 4 is 23.7 Å². The van der Waals surface area contributed by atoms with Crippen LogP contribution in [0.2, 0.25) is 0 Å². The van der Waals surface area contributed by atoms with Crippen LogP contribution in [0, 0.1) is 0 Å². The minimum Gasteiger partial charge on any atom is -0.460 e. The number of carbonyl (C=O) groups excluding carboxylic acids is 4. The SMILES string of the molecule is CC(C)(C)OC(=O)CCN1CCC(c2ccc3c(c2)C(=O)N(C2CCC(=O)NC2=O)C3)CC1. The molecule has 2 fully saturated rings. The summed E-state index contributed by atoms with van der Waals surface area (Å²) in [6, 6.07) is 5.51. The molecule has 3 heterocycles. The predicted octanol–water partition coefficient (Wildman–Crippen LogP) is 2.36. The number of amides is 3. The van der Waals surface area contributed by atoms with E-state index in [0.717, 1.165) is 37.1 Å². The molecular formula is C25H33N3O5. The maximum atomic E-state index is 13.1. The third-order valence-corrected chi connectivity index (χ3v) is 6.66. The normalized spacial score (nSPS) is 22.3. The molecule has 33 heavy (non-hydrogen) atoms. The Hall–Kier alpha value is -2.74. The Kier molecular flexibility index (Phi) is 6.56. The molecule has 178 valence electrons. The number of benzene rings is 1. The highest BCUT2D eigenvalue weighted by molar-refractivity contribution is 6.05. The van der Waals surface area contributed by atoms with Crippen LogP contribution in [0.15, 0.2) is 18.2 Å². The molecule has 0 spiro atoms. The molecule has 1 unspecified atom stereocenters. The van der Waals surface area contributed by atoms with Gasteiger partial charge in [-0.2, -0.15) is 0 Å². The van der Waals surface area contributed by atoms with Gasteiger partial charge in [0.05, 0.1) is 6.42 Å². The first kappa shape index (κ1) is 23.4. The van der Waals surface area contributed by atoms with Crippen LogP contribution in [0.1, 0.15) is 80.3 Å². The van der Waals surface area contributed by atoms with Gasteiger partial charge < -0.3 is 14.5 Å². The number of imide groups is 1. The van der Waals surface area contributed by atoms with E-state index in [1.54, 1.807) is 4.90 Å². The average Bonchev–Trinajstić information content (AvgIpc) is 3.07. The topological polar surface area (TPSA) is 96.0 Å². The van der Waals surface area contributed by atoms with Crippen molar-refractivity contribution in [1.82, 2.24) is 15.1 Å². The Balaban J connectivity index is 1.32. The van der Waals surface area contributed by atoms with Gasteiger partial charge >= 0.3 is 5.97 Å². The lowest BCUT2D eigenvalue weighted by Crippen LogP contribution is -2.52. The van der Waals surface area contributed by atoms with Gasteiger partial charge in [0.1, 0.15) is 11.6 Å². The molecule has 1 atom stereocenters. The summed E-state index contributed by atoms with van der Waals surface area (Å²) >= 11 is 0. The van der Waals surface area contributed by atoms with E-state index in [4.69, 9.17) is 4.74 Å². The molecule has 3 aliphatic rings. The second-order valence-electron chi connectivity index (χ2n) is 10.3. The monoisotopic (exact) mass is 455 g/mol. The summed E-state index contributed by atoms with van der Waals surface area (Å²) < 4.78 is 5.39. The third-order valence-electron chi connectivity index (χ3n) is 6.66. The van der Waals surface area contributed by atoms with Gasteiger partial charge in [0.2, 0.25) is 11.8 Å². The molecule has 0 radical (unpaired) electrons. The lowest BCUT2D eigenvalue weighted by atomic mass is 9.88. The smallest absolute Gasteiger partial charge is 0.307 e. The van der Waals surface area contributed by atoms with Crippen molar-refractivity contribution in [3.63, 3.8) is 0 Å². The van der Waals surface area contributed by atoms with E-state index in [-0.39, 0.29) is 30.1 Å². The van der Waals surface area contributed by atoms with Gasteiger partial charge in [-0.15, -0.1) is 0 Å². The molecule has 2 saturated heterocycles. The van der Waals surface area contributed by atoms with Crippen LogP contribution in [-0.4, -0.2) is 64.8 Å². The zero-order valence-electron chi connectivity index (χ0n) is 19.7. The zero-order chi connectivity index (χ0) is 23.8. The first-order valence-electron chi connectivity index (χ1n) is 11.8. The highest BCUT2D eigenvalue weighted by Gasteiger charge is 2.39. The van der Waals surface area contributed by atoms with Crippen molar-refractivity contribution in [2.24, 2.45) is 0 Å². The molecule has 1 N–H and O–H groups in total. The second-order valence-corrected chi connectivity index (χ2v) is 10.3. The van der Waals surface area contributed by atoms with E-state index in [9.17, 15) is 19.2 Å². The second kappa shape index (κ2) is 9.25.